The van der Waals surface area contributed by atoms with Gasteiger partial charge in [-0.05, 0) is 5.56 Å². The molecule has 0 spiro atoms. The Morgan fingerprint density at radius 1 is 1.13 bits per heavy atom. The summed E-state index contributed by atoms with van der Waals surface area (Å²) < 4.78 is 0.833. The molecule has 0 fully saturated rings. The number of aromatic amines is 1. The summed E-state index contributed by atoms with van der Waals surface area (Å²) in [5.41, 5.74) is -1.23. The van der Waals surface area contributed by atoms with Gasteiger partial charge >= 0.3 is 11.7 Å². The van der Waals surface area contributed by atoms with Crippen molar-refractivity contribution in [2.24, 2.45) is 0 Å². The molecule has 1 aromatic carbocycles. The van der Waals surface area contributed by atoms with E-state index in [9.17, 15) is 24.3 Å². The Hall–Kier alpha value is -3.42. The van der Waals surface area contributed by atoms with Gasteiger partial charge in [0.2, 0.25) is 0 Å². The van der Waals surface area contributed by atoms with Crippen molar-refractivity contribution in [3.05, 3.63) is 74.6 Å². The maximum atomic E-state index is 12.3. The second kappa shape index (κ2) is 6.56. The topological polar surface area (TPSA) is 129 Å². The van der Waals surface area contributed by atoms with Crippen molar-refractivity contribution in [3.8, 4) is 0 Å². The zero-order chi connectivity index (χ0) is 17.0. The van der Waals surface area contributed by atoms with Crippen molar-refractivity contribution in [1.82, 2.24) is 9.55 Å². The van der Waals surface area contributed by atoms with E-state index in [4.69, 9.17) is 5.11 Å². The summed E-state index contributed by atoms with van der Waals surface area (Å²) in [5, 5.41) is 18.2. The minimum Gasteiger partial charge on any atom is -0.507 e. The molecule has 8 nitrogen and oxygen atoms in total. The van der Waals surface area contributed by atoms with Gasteiger partial charge in [-0.2, -0.15) is 0 Å². The fraction of sp³-hybridized carbons (Fsp3) is 0.0667. The lowest BCUT2D eigenvalue weighted by Gasteiger charge is -2.06. The molecule has 1 heterocycles. The maximum Gasteiger partial charge on any atom is 0.376 e. The molecule has 3 N–H and O–H groups in total. The van der Waals surface area contributed by atoms with E-state index in [0.717, 1.165) is 10.8 Å². The zero-order valence-electron chi connectivity index (χ0n) is 11.7. The number of aliphatic hydroxyl groups is 1. The Labute approximate surface area is 129 Å². The third-order valence-electron chi connectivity index (χ3n) is 3.00. The van der Waals surface area contributed by atoms with Crippen LogP contribution < -0.4 is 11.2 Å². The van der Waals surface area contributed by atoms with Crippen LogP contribution in [0.3, 0.4) is 0 Å². The first-order valence-corrected chi connectivity index (χ1v) is 6.45. The number of nitrogens with zero attached hydrogens (tertiary/aromatic N) is 1. The van der Waals surface area contributed by atoms with Crippen LogP contribution in [-0.4, -0.2) is 31.5 Å². The number of ketones is 1. The van der Waals surface area contributed by atoms with Crippen LogP contribution in [0.2, 0.25) is 0 Å². The van der Waals surface area contributed by atoms with Gasteiger partial charge < -0.3 is 15.2 Å². The molecule has 1 aromatic heterocycles. The minimum absolute atomic E-state index is 0.0387. The van der Waals surface area contributed by atoms with E-state index in [-0.39, 0.29) is 12.1 Å². The second-order valence-electron chi connectivity index (χ2n) is 4.58. The summed E-state index contributed by atoms with van der Waals surface area (Å²) in [7, 11) is 0. The fourth-order valence-corrected chi connectivity index (χ4v) is 1.87. The Morgan fingerprint density at radius 2 is 1.78 bits per heavy atom. The summed E-state index contributed by atoms with van der Waals surface area (Å²) in [6.07, 6.45) is 1.33. The van der Waals surface area contributed by atoms with Crippen LogP contribution >= 0.6 is 0 Å². The molecule has 0 saturated carbocycles. The van der Waals surface area contributed by atoms with E-state index >= 15 is 0 Å². The van der Waals surface area contributed by atoms with Crippen LogP contribution in [0, 0.1) is 0 Å². The molecule has 0 aliphatic heterocycles. The molecule has 0 amide bonds. The average Bonchev–Trinajstić information content (AvgIpc) is 2.52. The lowest BCUT2D eigenvalue weighted by atomic mass is 10.2. The quantitative estimate of drug-likeness (QED) is 0.409. The number of carboxylic acid groups (broad SMARTS) is 1. The highest BCUT2D eigenvalue weighted by molar-refractivity contribution is 6.38. The number of aliphatic hydroxyl groups excluding tert-OH is 1. The maximum absolute atomic E-state index is 12.3. The van der Waals surface area contributed by atoms with E-state index in [2.05, 4.69) is 4.98 Å². The average molecular weight is 316 g/mol. The molecular formula is C15H12N2O6. The van der Waals surface area contributed by atoms with Gasteiger partial charge in [0.25, 0.3) is 11.3 Å². The van der Waals surface area contributed by atoms with Crippen LogP contribution in [0.4, 0.5) is 0 Å². The predicted octanol–water partition coefficient (Wildman–Crippen LogP) is 0.137. The number of hydrogen-bond acceptors (Lipinski definition) is 5. The van der Waals surface area contributed by atoms with Crippen molar-refractivity contribution in [2.75, 3.05) is 0 Å². The Bertz CT molecular complexity index is 892. The van der Waals surface area contributed by atoms with Crippen LogP contribution in [-0.2, 0) is 16.1 Å². The summed E-state index contributed by atoms with van der Waals surface area (Å²) >= 11 is 0. The number of carbonyl (C=O) groups excluding carboxylic acids is 1. The second-order valence-corrected chi connectivity index (χ2v) is 4.58. The third kappa shape index (κ3) is 3.62. The van der Waals surface area contributed by atoms with Crippen LogP contribution in [0.1, 0.15) is 11.1 Å². The third-order valence-corrected chi connectivity index (χ3v) is 3.00. The lowest BCUT2D eigenvalue weighted by molar-refractivity contribution is -0.146. The number of benzene rings is 1. The molecule has 2 aromatic rings. The van der Waals surface area contributed by atoms with Crippen LogP contribution in [0.5, 0.6) is 0 Å². The molecule has 0 unspecified atom stereocenters. The highest BCUT2D eigenvalue weighted by atomic mass is 16.4. The normalized spacial score (nSPS) is 11.2. The Kier molecular flexibility index (Phi) is 4.55. The molecular weight excluding hydrogens is 304 g/mol. The summed E-state index contributed by atoms with van der Waals surface area (Å²) in [6.45, 7) is -0.0387. The standard InChI is InChI=1S/C15H12N2O6/c18-11(6-12(19)14(21)22)10-7-16-15(23)17(13(10)20)8-9-4-2-1-3-5-9/h1-7,18H,8H2,(H,16,23)(H,21,22)/b11-6-. The van der Waals surface area contributed by atoms with Gasteiger partial charge in [-0.25, -0.2) is 9.59 Å². The molecule has 118 valence electrons. The number of aliphatic carboxylic acids is 1. The number of H-pyrrole nitrogens is 1. The van der Waals surface area contributed by atoms with Crippen molar-refractivity contribution in [2.45, 2.75) is 6.54 Å². The van der Waals surface area contributed by atoms with Gasteiger partial charge in [0.05, 0.1) is 12.1 Å². The molecule has 23 heavy (non-hydrogen) atoms. The van der Waals surface area contributed by atoms with Crippen molar-refractivity contribution in [3.63, 3.8) is 0 Å². The molecule has 0 aliphatic rings. The van der Waals surface area contributed by atoms with Crippen molar-refractivity contribution >= 4 is 17.5 Å². The highest BCUT2D eigenvalue weighted by Crippen LogP contribution is 2.05. The molecule has 0 radical (unpaired) electrons. The first-order valence-electron chi connectivity index (χ1n) is 6.45. The van der Waals surface area contributed by atoms with Crippen molar-refractivity contribution < 1.29 is 19.8 Å². The SMILES string of the molecule is O=C(O)C(=O)/C=C(\O)c1c[nH]c(=O)n(Cc2ccccc2)c1=O. The van der Waals surface area contributed by atoms with Gasteiger partial charge in [-0.1, -0.05) is 30.3 Å². The summed E-state index contributed by atoms with van der Waals surface area (Å²) in [6, 6.07) is 8.67. The number of carbonyl (C=O) groups is 2. The van der Waals surface area contributed by atoms with E-state index in [0.29, 0.717) is 11.6 Å². The predicted molar refractivity (Wildman–Crippen MR) is 80.1 cm³/mol. The molecule has 0 saturated heterocycles. The monoisotopic (exact) mass is 316 g/mol. The van der Waals surface area contributed by atoms with E-state index in [1.54, 1.807) is 30.3 Å². The number of rotatable bonds is 5. The Morgan fingerprint density at radius 3 is 2.39 bits per heavy atom. The highest BCUT2D eigenvalue weighted by Gasteiger charge is 2.15. The first kappa shape index (κ1) is 16.0. The van der Waals surface area contributed by atoms with E-state index in [1.807, 2.05) is 0 Å². The van der Waals surface area contributed by atoms with Crippen LogP contribution in [0.25, 0.3) is 5.76 Å². The number of carboxylic acids is 1. The van der Waals surface area contributed by atoms with Gasteiger partial charge in [0, 0.05) is 12.3 Å². The lowest BCUT2D eigenvalue weighted by Crippen LogP contribution is -2.37. The number of aromatic nitrogens is 2. The van der Waals surface area contributed by atoms with E-state index < -0.39 is 28.8 Å². The van der Waals surface area contributed by atoms with Gasteiger partial charge in [0.1, 0.15) is 5.76 Å². The summed E-state index contributed by atoms with van der Waals surface area (Å²) in [4.78, 5) is 47.9. The molecule has 2 rings (SSSR count). The van der Waals surface area contributed by atoms with Gasteiger partial charge in [-0.3, -0.25) is 14.2 Å². The number of hydrogen-bond donors (Lipinski definition) is 3. The van der Waals surface area contributed by atoms with Crippen LogP contribution in [0.15, 0.2) is 52.2 Å². The van der Waals surface area contributed by atoms with Gasteiger partial charge in [-0.15, -0.1) is 0 Å². The largest absolute Gasteiger partial charge is 0.507 e. The fourth-order valence-electron chi connectivity index (χ4n) is 1.87. The van der Waals surface area contributed by atoms with Crippen molar-refractivity contribution in [1.29, 1.82) is 0 Å². The molecule has 0 atom stereocenters. The summed E-state index contributed by atoms with van der Waals surface area (Å²) in [5.74, 6) is -3.99. The van der Waals surface area contributed by atoms with Gasteiger partial charge in [0.15, 0.2) is 0 Å². The zero-order valence-corrected chi connectivity index (χ0v) is 11.7. The smallest absolute Gasteiger partial charge is 0.376 e. The molecule has 0 aliphatic carbocycles. The Balaban J connectivity index is 2.47. The molecule has 8 heteroatoms. The minimum atomic E-state index is -1.77. The number of nitrogens with one attached hydrogen (secondary N) is 1. The first-order chi connectivity index (χ1) is 10.9. The van der Waals surface area contributed by atoms with E-state index in [1.165, 1.54) is 0 Å². The molecule has 0 bridgehead atoms.